The number of sulfonamides is 1. The summed E-state index contributed by atoms with van der Waals surface area (Å²) in [6.45, 7) is 0. The van der Waals surface area contributed by atoms with E-state index < -0.39 is 10.0 Å². The first-order valence-electron chi connectivity index (χ1n) is 6.30. The highest BCUT2D eigenvalue weighted by Crippen LogP contribution is 2.30. The molecule has 122 valence electrons. The number of nitrogens with zero attached hydrogens (tertiary/aromatic N) is 4. The number of hydrogen-bond acceptors (Lipinski definition) is 8. The van der Waals surface area contributed by atoms with Crippen molar-refractivity contribution in [1.29, 1.82) is 0 Å². The Hall–Kier alpha value is -1.20. The Morgan fingerprint density at radius 1 is 1.39 bits per heavy atom. The van der Waals surface area contributed by atoms with Gasteiger partial charge in [0.25, 0.3) is 5.22 Å². The average Bonchev–Trinajstić information content (AvgIpc) is 3.09. The summed E-state index contributed by atoms with van der Waals surface area (Å²) in [5.41, 5.74) is 1.67. The van der Waals surface area contributed by atoms with Crippen molar-refractivity contribution in [1.82, 2.24) is 18.9 Å². The SMILES string of the molecule is CN(C)S(=O)(=O)c1ccc2oc(SCc3nnsc3Cl)nc2c1. The van der Waals surface area contributed by atoms with Gasteiger partial charge in [-0.15, -0.1) is 5.10 Å². The second-order valence-corrected chi connectivity index (χ2v) is 9.11. The van der Waals surface area contributed by atoms with Crippen molar-refractivity contribution in [2.75, 3.05) is 14.1 Å². The summed E-state index contributed by atoms with van der Waals surface area (Å²) < 4.78 is 35.3. The van der Waals surface area contributed by atoms with E-state index in [-0.39, 0.29) is 4.90 Å². The summed E-state index contributed by atoms with van der Waals surface area (Å²) >= 11 is 8.38. The van der Waals surface area contributed by atoms with Crippen molar-refractivity contribution in [3.63, 3.8) is 0 Å². The zero-order chi connectivity index (χ0) is 16.6. The van der Waals surface area contributed by atoms with E-state index in [9.17, 15) is 8.42 Å². The second kappa shape index (κ2) is 6.36. The molecule has 0 bridgehead atoms. The molecule has 1 aromatic carbocycles. The van der Waals surface area contributed by atoms with Gasteiger partial charge in [0.05, 0.1) is 4.90 Å². The first-order chi connectivity index (χ1) is 10.9. The lowest BCUT2D eigenvalue weighted by Gasteiger charge is -2.10. The third-order valence-electron chi connectivity index (χ3n) is 2.96. The van der Waals surface area contributed by atoms with Gasteiger partial charge < -0.3 is 4.42 Å². The molecule has 0 aliphatic rings. The van der Waals surface area contributed by atoms with Crippen molar-refractivity contribution >= 4 is 56.0 Å². The lowest BCUT2D eigenvalue weighted by atomic mass is 10.3. The Bertz CT molecular complexity index is 952. The molecule has 0 atom stereocenters. The number of benzene rings is 1. The third kappa shape index (κ3) is 3.36. The van der Waals surface area contributed by atoms with Crippen LogP contribution in [0, 0.1) is 0 Å². The van der Waals surface area contributed by atoms with E-state index >= 15 is 0 Å². The van der Waals surface area contributed by atoms with Gasteiger partial charge >= 0.3 is 0 Å². The molecule has 3 rings (SSSR count). The fourth-order valence-corrected chi connectivity index (χ4v) is 4.23. The first kappa shape index (κ1) is 16.7. The van der Waals surface area contributed by atoms with Gasteiger partial charge in [0.15, 0.2) is 5.58 Å². The molecule has 2 heterocycles. The maximum absolute atomic E-state index is 12.1. The minimum Gasteiger partial charge on any atom is -0.431 e. The van der Waals surface area contributed by atoms with Gasteiger partial charge in [-0.1, -0.05) is 27.9 Å². The van der Waals surface area contributed by atoms with Gasteiger partial charge in [-0.25, -0.2) is 17.7 Å². The lowest BCUT2D eigenvalue weighted by molar-refractivity contribution is 0.489. The highest BCUT2D eigenvalue weighted by Gasteiger charge is 2.19. The van der Waals surface area contributed by atoms with Crippen LogP contribution in [-0.4, -0.2) is 41.4 Å². The topological polar surface area (TPSA) is 89.2 Å². The van der Waals surface area contributed by atoms with Crippen LogP contribution in [0.1, 0.15) is 5.69 Å². The summed E-state index contributed by atoms with van der Waals surface area (Å²) in [6.07, 6.45) is 0. The number of hydrogen-bond donors (Lipinski definition) is 0. The zero-order valence-corrected chi connectivity index (χ0v) is 15.3. The van der Waals surface area contributed by atoms with Gasteiger partial charge in [-0.2, -0.15) is 0 Å². The Balaban J connectivity index is 1.86. The molecule has 3 aromatic rings. The van der Waals surface area contributed by atoms with E-state index in [1.807, 2.05) is 0 Å². The Morgan fingerprint density at radius 2 is 2.17 bits per heavy atom. The number of aromatic nitrogens is 3. The molecule has 0 N–H and O–H groups in total. The van der Waals surface area contributed by atoms with E-state index in [1.165, 1.54) is 38.0 Å². The van der Waals surface area contributed by atoms with Gasteiger partial charge in [0.2, 0.25) is 10.0 Å². The standard InChI is InChI=1S/C12H11ClN4O3S3/c1-17(2)23(18,19)7-3-4-10-8(5-7)14-12(20-10)21-6-9-11(13)22-16-15-9/h3-5H,6H2,1-2H3. The Labute approximate surface area is 145 Å². The maximum Gasteiger partial charge on any atom is 0.257 e. The van der Waals surface area contributed by atoms with Crippen molar-refractivity contribution in [3.8, 4) is 0 Å². The van der Waals surface area contributed by atoms with Crippen LogP contribution in [0.5, 0.6) is 0 Å². The van der Waals surface area contributed by atoms with Gasteiger partial charge in [0, 0.05) is 31.4 Å². The molecule has 0 fully saturated rings. The largest absolute Gasteiger partial charge is 0.431 e. The van der Waals surface area contributed by atoms with Crippen LogP contribution >= 0.6 is 34.9 Å². The van der Waals surface area contributed by atoms with E-state index in [4.69, 9.17) is 16.0 Å². The third-order valence-corrected chi connectivity index (χ3v) is 6.59. The molecule has 0 aliphatic heterocycles. The predicted octanol–water partition coefficient (Wildman–Crippen LogP) is 2.88. The van der Waals surface area contributed by atoms with Crippen LogP contribution < -0.4 is 0 Å². The summed E-state index contributed by atoms with van der Waals surface area (Å²) in [5.74, 6) is 0.477. The smallest absolute Gasteiger partial charge is 0.257 e. The van der Waals surface area contributed by atoms with Crippen molar-refractivity contribution in [2.45, 2.75) is 15.9 Å². The molecular weight excluding hydrogens is 380 g/mol. The number of fused-ring (bicyclic) bond motifs is 1. The van der Waals surface area contributed by atoms with Crippen molar-refractivity contribution in [2.24, 2.45) is 0 Å². The molecule has 11 heteroatoms. The van der Waals surface area contributed by atoms with Crippen LogP contribution in [0.4, 0.5) is 0 Å². The van der Waals surface area contributed by atoms with Crippen LogP contribution in [0.25, 0.3) is 11.1 Å². The molecule has 2 aromatic heterocycles. The van der Waals surface area contributed by atoms with E-state index in [0.29, 0.717) is 32.1 Å². The molecule has 23 heavy (non-hydrogen) atoms. The van der Waals surface area contributed by atoms with E-state index in [2.05, 4.69) is 14.6 Å². The van der Waals surface area contributed by atoms with Gasteiger partial charge in [-0.3, -0.25) is 0 Å². The highest BCUT2D eigenvalue weighted by molar-refractivity contribution is 7.98. The summed E-state index contributed by atoms with van der Waals surface area (Å²) in [5, 5.41) is 4.33. The van der Waals surface area contributed by atoms with Crippen molar-refractivity contribution < 1.29 is 12.8 Å². The molecule has 0 saturated heterocycles. The maximum atomic E-state index is 12.1. The summed E-state index contributed by atoms with van der Waals surface area (Å²) in [4.78, 5) is 4.47. The second-order valence-electron chi connectivity index (χ2n) is 4.68. The fourth-order valence-electron chi connectivity index (χ4n) is 1.73. The van der Waals surface area contributed by atoms with Gasteiger partial charge in [-0.05, 0) is 18.2 Å². The molecular formula is C12H11ClN4O3S3. The Morgan fingerprint density at radius 3 is 2.83 bits per heavy atom. The molecule has 7 nitrogen and oxygen atoms in total. The van der Waals surface area contributed by atoms with E-state index in [0.717, 1.165) is 15.8 Å². The number of rotatable bonds is 5. The number of halogens is 1. The van der Waals surface area contributed by atoms with Crippen LogP contribution in [-0.2, 0) is 15.8 Å². The monoisotopic (exact) mass is 390 g/mol. The first-order valence-corrected chi connectivity index (χ1v) is 9.88. The number of thioether (sulfide) groups is 1. The van der Waals surface area contributed by atoms with E-state index in [1.54, 1.807) is 6.07 Å². The molecule has 0 amide bonds. The molecule has 0 aliphatic carbocycles. The molecule has 0 radical (unpaired) electrons. The van der Waals surface area contributed by atoms with Crippen LogP contribution in [0.15, 0.2) is 32.7 Å². The molecule has 0 spiro atoms. The lowest BCUT2D eigenvalue weighted by Crippen LogP contribution is -2.22. The normalized spacial score (nSPS) is 12.3. The highest BCUT2D eigenvalue weighted by atomic mass is 35.5. The number of oxazole rings is 1. The zero-order valence-electron chi connectivity index (χ0n) is 12.1. The quantitative estimate of drug-likeness (QED) is 0.618. The summed E-state index contributed by atoms with van der Waals surface area (Å²) in [6, 6.07) is 4.59. The molecule has 0 unspecified atom stereocenters. The van der Waals surface area contributed by atoms with Crippen molar-refractivity contribution in [3.05, 3.63) is 28.2 Å². The minimum atomic E-state index is -3.50. The average molecular weight is 391 g/mol. The molecule has 0 saturated carbocycles. The summed E-state index contributed by atoms with van der Waals surface area (Å²) in [7, 11) is -0.539. The Kier molecular flexibility index (Phi) is 4.61. The van der Waals surface area contributed by atoms with Crippen LogP contribution in [0.3, 0.4) is 0 Å². The minimum absolute atomic E-state index is 0.173. The van der Waals surface area contributed by atoms with Crippen LogP contribution in [0.2, 0.25) is 4.34 Å². The fraction of sp³-hybridized carbons (Fsp3) is 0.250. The van der Waals surface area contributed by atoms with Gasteiger partial charge in [0.1, 0.15) is 15.5 Å². The predicted molar refractivity (Wildman–Crippen MR) is 89.4 cm³/mol.